The molecule has 3 heteroatoms. The van der Waals surface area contributed by atoms with Gasteiger partial charge in [-0.2, -0.15) is 0 Å². The molecule has 0 aromatic rings. The number of hydrogen-bond acceptors (Lipinski definition) is 3. The number of carbonyl (C=O) groups is 1. The normalized spacial score (nSPS) is 16.4. The molecule has 0 radical (unpaired) electrons. The maximum absolute atomic E-state index is 10.7. The third kappa shape index (κ3) is 3.18. The van der Waals surface area contributed by atoms with Gasteiger partial charge in [-0.25, -0.2) is 4.79 Å². The summed E-state index contributed by atoms with van der Waals surface area (Å²) >= 11 is 0. The zero-order chi connectivity index (χ0) is 8.85. The molecule has 0 spiro atoms. The van der Waals surface area contributed by atoms with Crippen molar-refractivity contribution < 1.29 is 14.6 Å². The highest BCUT2D eigenvalue weighted by Crippen LogP contribution is 2.05. The van der Waals surface area contributed by atoms with Crippen molar-refractivity contribution in [1.29, 1.82) is 0 Å². The maximum atomic E-state index is 10.7. The number of carbonyl (C=O) groups excluding carboxylic acids is 1. The molecule has 0 saturated carbocycles. The standard InChI is InChI=1S/C8H14O3/c1-4-5-6(2)7(9)8(10)11-3/h4-7,9H,1-3H3/b5-4-/t6-,7+/m0/s1. The van der Waals surface area contributed by atoms with Crippen molar-refractivity contribution in [2.24, 2.45) is 5.92 Å². The van der Waals surface area contributed by atoms with Gasteiger partial charge in [-0.1, -0.05) is 19.1 Å². The van der Waals surface area contributed by atoms with Gasteiger partial charge in [-0.15, -0.1) is 0 Å². The lowest BCUT2D eigenvalue weighted by molar-refractivity contribution is -0.152. The van der Waals surface area contributed by atoms with E-state index in [2.05, 4.69) is 4.74 Å². The number of hydrogen-bond donors (Lipinski definition) is 1. The quantitative estimate of drug-likeness (QED) is 0.486. The van der Waals surface area contributed by atoms with Crippen molar-refractivity contribution in [2.45, 2.75) is 20.0 Å². The fourth-order valence-electron chi connectivity index (χ4n) is 0.744. The highest BCUT2D eigenvalue weighted by atomic mass is 16.5. The summed E-state index contributed by atoms with van der Waals surface area (Å²) < 4.78 is 4.36. The van der Waals surface area contributed by atoms with Crippen LogP contribution in [0.4, 0.5) is 0 Å². The molecule has 0 aromatic carbocycles. The first kappa shape index (κ1) is 10.2. The predicted molar refractivity (Wildman–Crippen MR) is 42.0 cm³/mol. The highest BCUT2D eigenvalue weighted by Gasteiger charge is 2.20. The first-order chi connectivity index (χ1) is 5.13. The summed E-state index contributed by atoms with van der Waals surface area (Å²) in [6.07, 6.45) is 2.49. The van der Waals surface area contributed by atoms with E-state index >= 15 is 0 Å². The Morgan fingerprint density at radius 2 is 2.18 bits per heavy atom. The molecule has 0 saturated heterocycles. The third-order valence-electron chi connectivity index (χ3n) is 1.44. The van der Waals surface area contributed by atoms with Crippen molar-refractivity contribution in [3.8, 4) is 0 Å². The Labute approximate surface area is 66.7 Å². The number of allylic oxidation sites excluding steroid dienone is 1. The first-order valence-electron chi connectivity index (χ1n) is 3.52. The van der Waals surface area contributed by atoms with Crippen LogP contribution < -0.4 is 0 Å². The van der Waals surface area contributed by atoms with Gasteiger partial charge in [-0.05, 0) is 6.92 Å². The summed E-state index contributed by atoms with van der Waals surface area (Å²) in [6.45, 7) is 3.59. The van der Waals surface area contributed by atoms with Crippen molar-refractivity contribution in [2.75, 3.05) is 7.11 Å². The second kappa shape index (κ2) is 4.91. The van der Waals surface area contributed by atoms with Crippen LogP contribution in [0.1, 0.15) is 13.8 Å². The summed E-state index contributed by atoms with van der Waals surface area (Å²) in [4.78, 5) is 10.7. The first-order valence-corrected chi connectivity index (χ1v) is 3.52. The van der Waals surface area contributed by atoms with Crippen LogP contribution in [0.15, 0.2) is 12.2 Å². The summed E-state index contributed by atoms with van der Waals surface area (Å²) in [6, 6.07) is 0. The number of methoxy groups -OCH3 is 1. The van der Waals surface area contributed by atoms with Crippen molar-refractivity contribution in [3.05, 3.63) is 12.2 Å². The molecule has 1 N–H and O–H groups in total. The lowest BCUT2D eigenvalue weighted by Gasteiger charge is -2.11. The second-order valence-corrected chi connectivity index (χ2v) is 2.35. The van der Waals surface area contributed by atoms with E-state index in [1.54, 1.807) is 19.1 Å². The van der Waals surface area contributed by atoms with Crippen LogP contribution in [-0.2, 0) is 9.53 Å². The average molecular weight is 158 g/mol. The van der Waals surface area contributed by atoms with Gasteiger partial charge < -0.3 is 9.84 Å². The molecule has 0 amide bonds. The zero-order valence-electron chi connectivity index (χ0n) is 7.07. The number of esters is 1. The monoisotopic (exact) mass is 158 g/mol. The molecule has 2 atom stereocenters. The largest absolute Gasteiger partial charge is 0.467 e. The minimum Gasteiger partial charge on any atom is -0.467 e. The van der Waals surface area contributed by atoms with Crippen LogP contribution in [0.25, 0.3) is 0 Å². The van der Waals surface area contributed by atoms with Crippen LogP contribution in [0.2, 0.25) is 0 Å². The maximum Gasteiger partial charge on any atom is 0.335 e. The molecule has 0 bridgehead atoms. The van der Waals surface area contributed by atoms with E-state index in [0.717, 1.165) is 0 Å². The molecular formula is C8H14O3. The smallest absolute Gasteiger partial charge is 0.335 e. The minimum atomic E-state index is -1.05. The minimum absolute atomic E-state index is 0.188. The number of aliphatic hydroxyl groups is 1. The number of aliphatic hydroxyl groups excluding tert-OH is 1. The van der Waals surface area contributed by atoms with Gasteiger partial charge >= 0.3 is 5.97 Å². The van der Waals surface area contributed by atoms with Gasteiger partial charge in [-0.3, -0.25) is 0 Å². The zero-order valence-corrected chi connectivity index (χ0v) is 7.07. The van der Waals surface area contributed by atoms with Crippen LogP contribution in [-0.4, -0.2) is 24.3 Å². The van der Waals surface area contributed by atoms with Gasteiger partial charge in [0.1, 0.15) is 0 Å². The highest BCUT2D eigenvalue weighted by molar-refractivity contribution is 5.74. The Hall–Kier alpha value is -0.830. The molecule has 3 nitrogen and oxygen atoms in total. The van der Waals surface area contributed by atoms with E-state index in [9.17, 15) is 9.90 Å². The van der Waals surface area contributed by atoms with Gasteiger partial charge in [0.25, 0.3) is 0 Å². The summed E-state index contributed by atoms with van der Waals surface area (Å²) in [5.41, 5.74) is 0. The molecule has 11 heavy (non-hydrogen) atoms. The third-order valence-corrected chi connectivity index (χ3v) is 1.44. The molecule has 0 aliphatic rings. The van der Waals surface area contributed by atoms with Crippen LogP contribution >= 0.6 is 0 Å². The Morgan fingerprint density at radius 3 is 2.55 bits per heavy atom. The van der Waals surface area contributed by atoms with E-state index < -0.39 is 12.1 Å². The molecule has 0 aliphatic heterocycles. The molecule has 0 unspecified atom stereocenters. The Morgan fingerprint density at radius 1 is 1.64 bits per heavy atom. The fraction of sp³-hybridized carbons (Fsp3) is 0.625. The summed E-state index contributed by atoms with van der Waals surface area (Å²) in [5, 5.41) is 9.19. The van der Waals surface area contributed by atoms with Crippen molar-refractivity contribution >= 4 is 5.97 Å². The fourth-order valence-corrected chi connectivity index (χ4v) is 0.744. The van der Waals surface area contributed by atoms with E-state index in [0.29, 0.717) is 0 Å². The van der Waals surface area contributed by atoms with E-state index in [1.807, 2.05) is 6.92 Å². The molecule has 0 aliphatic carbocycles. The van der Waals surface area contributed by atoms with Crippen LogP contribution in [0, 0.1) is 5.92 Å². The van der Waals surface area contributed by atoms with E-state index in [4.69, 9.17) is 0 Å². The van der Waals surface area contributed by atoms with Gasteiger partial charge in [0.15, 0.2) is 6.10 Å². The molecule has 0 fully saturated rings. The average Bonchev–Trinajstić information content (AvgIpc) is 2.02. The molecule has 0 heterocycles. The topological polar surface area (TPSA) is 46.5 Å². The SMILES string of the molecule is C/C=C\[C@H](C)[C@@H](O)C(=O)OC. The number of ether oxygens (including phenoxy) is 1. The molecule has 0 aromatic heterocycles. The Bertz CT molecular complexity index is 151. The van der Waals surface area contributed by atoms with Crippen molar-refractivity contribution in [1.82, 2.24) is 0 Å². The van der Waals surface area contributed by atoms with Crippen LogP contribution in [0.3, 0.4) is 0 Å². The van der Waals surface area contributed by atoms with Gasteiger partial charge in [0.2, 0.25) is 0 Å². The summed E-state index contributed by atoms with van der Waals surface area (Å²) in [5.74, 6) is -0.775. The lowest BCUT2D eigenvalue weighted by Crippen LogP contribution is -2.27. The van der Waals surface area contributed by atoms with Crippen molar-refractivity contribution in [3.63, 3.8) is 0 Å². The summed E-state index contributed by atoms with van der Waals surface area (Å²) in [7, 11) is 1.26. The lowest BCUT2D eigenvalue weighted by atomic mass is 10.1. The van der Waals surface area contributed by atoms with Gasteiger partial charge in [0, 0.05) is 5.92 Å². The van der Waals surface area contributed by atoms with Gasteiger partial charge in [0.05, 0.1) is 7.11 Å². The van der Waals surface area contributed by atoms with E-state index in [-0.39, 0.29) is 5.92 Å². The second-order valence-electron chi connectivity index (χ2n) is 2.35. The Balaban J connectivity index is 4.01. The molecule has 64 valence electrons. The molecular weight excluding hydrogens is 144 g/mol. The van der Waals surface area contributed by atoms with Crippen LogP contribution in [0.5, 0.6) is 0 Å². The predicted octanol–water partition coefficient (Wildman–Crippen LogP) is 0.732. The van der Waals surface area contributed by atoms with E-state index in [1.165, 1.54) is 7.11 Å². The number of rotatable bonds is 3. The Kier molecular flexibility index (Phi) is 4.54. The molecule has 0 rings (SSSR count).